The van der Waals surface area contributed by atoms with Crippen LogP contribution < -0.4 is 5.43 Å². The predicted octanol–water partition coefficient (Wildman–Crippen LogP) is 3.57. The summed E-state index contributed by atoms with van der Waals surface area (Å²) in [5.41, 5.74) is 0.979. The van der Waals surface area contributed by atoms with E-state index in [1.807, 2.05) is 24.3 Å². The van der Waals surface area contributed by atoms with E-state index in [1.54, 1.807) is 12.3 Å². The van der Waals surface area contributed by atoms with Crippen LogP contribution in [0.4, 0.5) is 0 Å². The maximum Gasteiger partial charge on any atom is 0.306 e. The minimum Gasteiger partial charge on any atom is -0.502 e. The summed E-state index contributed by atoms with van der Waals surface area (Å²) in [6.45, 7) is 2.38. The van der Waals surface area contributed by atoms with Crippen molar-refractivity contribution in [1.82, 2.24) is 9.88 Å². The number of piperidine rings is 1. The van der Waals surface area contributed by atoms with Gasteiger partial charge in [0.1, 0.15) is 5.76 Å². The number of aromatic nitrogens is 1. The average Bonchev–Trinajstić information content (AvgIpc) is 2.80. The Hall–Kier alpha value is -3.19. The predicted molar refractivity (Wildman–Crippen MR) is 116 cm³/mol. The van der Waals surface area contributed by atoms with Gasteiger partial charge in [0.05, 0.1) is 31.5 Å². The zero-order valence-electron chi connectivity index (χ0n) is 17.5. The SMILES string of the molecule is COC(=O)C[C@@H](c1oc(CN2CCCCC2)cc(=O)c1O)c1ccnc2ccccc12. The van der Waals surface area contributed by atoms with Crippen LogP contribution in [-0.2, 0) is 16.1 Å². The molecule has 31 heavy (non-hydrogen) atoms. The summed E-state index contributed by atoms with van der Waals surface area (Å²) in [4.78, 5) is 31.5. The van der Waals surface area contributed by atoms with Crippen LogP contribution in [0, 0.1) is 0 Å². The highest BCUT2D eigenvalue weighted by Crippen LogP contribution is 2.36. The van der Waals surface area contributed by atoms with E-state index in [0.717, 1.165) is 42.4 Å². The van der Waals surface area contributed by atoms with Crippen molar-refractivity contribution in [1.29, 1.82) is 0 Å². The lowest BCUT2D eigenvalue weighted by atomic mass is 9.90. The molecule has 3 aromatic rings. The number of para-hydroxylation sites is 1. The molecule has 1 atom stereocenters. The van der Waals surface area contributed by atoms with E-state index in [1.165, 1.54) is 19.6 Å². The van der Waals surface area contributed by atoms with Crippen LogP contribution in [0.5, 0.6) is 5.75 Å². The molecule has 4 rings (SSSR count). The van der Waals surface area contributed by atoms with E-state index >= 15 is 0 Å². The van der Waals surface area contributed by atoms with Crippen LogP contribution in [0.15, 0.2) is 51.8 Å². The molecule has 1 N–H and O–H groups in total. The first-order valence-electron chi connectivity index (χ1n) is 10.6. The Labute approximate surface area is 180 Å². The molecule has 0 radical (unpaired) electrons. The summed E-state index contributed by atoms with van der Waals surface area (Å²) in [5.74, 6) is -1.06. The molecule has 1 aliphatic rings. The third-order valence-corrected chi connectivity index (χ3v) is 5.80. The number of rotatable bonds is 6. The molecule has 7 nitrogen and oxygen atoms in total. The fourth-order valence-electron chi connectivity index (χ4n) is 4.22. The maximum absolute atomic E-state index is 12.6. The standard InChI is InChI=1S/C24H26N2O5/c1-30-22(28)14-19(17-9-10-25-20-8-4-3-7-18(17)20)24-23(29)21(27)13-16(31-24)15-26-11-5-2-6-12-26/h3-4,7-10,13,19,29H,2,5-6,11-12,14-15H2,1H3/t19-/m1/s1. The highest BCUT2D eigenvalue weighted by atomic mass is 16.5. The minimum absolute atomic E-state index is 0.0752. The van der Waals surface area contributed by atoms with Crippen molar-refractivity contribution >= 4 is 16.9 Å². The van der Waals surface area contributed by atoms with Crippen molar-refractivity contribution in [3.8, 4) is 5.75 Å². The van der Waals surface area contributed by atoms with Gasteiger partial charge < -0.3 is 14.3 Å². The quantitative estimate of drug-likeness (QED) is 0.607. The number of likely N-dealkylation sites (tertiary alicyclic amines) is 1. The average molecular weight is 422 g/mol. The summed E-state index contributed by atoms with van der Waals surface area (Å²) in [6, 6.07) is 10.7. The molecule has 0 aliphatic carbocycles. The number of esters is 1. The monoisotopic (exact) mass is 422 g/mol. The van der Waals surface area contributed by atoms with Gasteiger partial charge in [-0.05, 0) is 43.6 Å². The molecule has 3 heterocycles. The normalized spacial score (nSPS) is 15.6. The number of carbonyl (C=O) groups is 1. The number of methoxy groups -OCH3 is 1. The van der Waals surface area contributed by atoms with Gasteiger partial charge in [0, 0.05) is 17.6 Å². The molecule has 0 saturated carbocycles. The van der Waals surface area contributed by atoms with E-state index in [-0.39, 0.29) is 12.2 Å². The molecule has 0 bridgehead atoms. The summed E-state index contributed by atoms with van der Waals surface area (Å²) < 4.78 is 11.0. The second kappa shape index (κ2) is 9.31. The van der Waals surface area contributed by atoms with Gasteiger partial charge in [0.2, 0.25) is 11.2 Å². The van der Waals surface area contributed by atoms with Crippen molar-refractivity contribution in [3.05, 3.63) is 69.9 Å². The van der Waals surface area contributed by atoms with Gasteiger partial charge in [-0.2, -0.15) is 0 Å². The summed E-state index contributed by atoms with van der Waals surface area (Å²) >= 11 is 0. The number of hydrogen-bond acceptors (Lipinski definition) is 7. The van der Waals surface area contributed by atoms with Crippen molar-refractivity contribution in [2.75, 3.05) is 20.2 Å². The van der Waals surface area contributed by atoms with E-state index in [2.05, 4.69) is 9.88 Å². The first-order valence-corrected chi connectivity index (χ1v) is 10.6. The molecule has 0 spiro atoms. The molecule has 0 amide bonds. The third kappa shape index (κ3) is 4.61. The number of aromatic hydroxyl groups is 1. The van der Waals surface area contributed by atoms with Crippen molar-refractivity contribution in [2.45, 2.75) is 38.1 Å². The number of hydrogen-bond donors (Lipinski definition) is 1. The van der Waals surface area contributed by atoms with E-state index in [0.29, 0.717) is 12.3 Å². The van der Waals surface area contributed by atoms with Gasteiger partial charge in [-0.1, -0.05) is 24.6 Å². The fourth-order valence-corrected chi connectivity index (χ4v) is 4.22. The van der Waals surface area contributed by atoms with Crippen LogP contribution in [0.3, 0.4) is 0 Å². The number of nitrogens with zero attached hydrogens (tertiary/aromatic N) is 2. The van der Waals surface area contributed by atoms with E-state index < -0.39 is 23.1 Å². The molecular weight excluding hydrogens is 396 g/mol. The lowest BCUT2D eigenvalue weighted by Crippen LogP contribution is -2.29. The second-order valence-corrected chi connectivity index (χ2v) is 7.88. The van der Waals surface area contributed by atoms with Gasteiger partial charge in [-0.15, -0.1) is 0 Å². The van der Waals surface area contributed by atoms with Gasteiger partial charge in [-0.3, -0.25) is 19.5 Å². The molecular formula is C24H26N2O5. The molecule has 162 valence electrons. The van der Waals surface area contributed by atoms with Crippen LogP contribution in [0.2, 0.25) is 0 Å². The lowest BCUT2D eigenvalue weighted by Gasteiger charge is -2.26. The Balaban J connectivity index is 1.81. The third-order valence-electron chi connectivity index (χ3n) is 5.80. The van der Waals surface area contributed by atoms with Crippen molar-refractivity contribution in [3.63, 3.8) is 0 Å². The van der Waals surface area contributed by atoms with Gasteiger partial charge >= 0.3 is 5.97 Å². The summed E-state index contributed by atoms with van der Waals surface area (Å²) in [6.07, 6.45) is 5.01. The highest BCUT2D eigenvalue weighted by Gasteiger charge is 2.28. The summed E-state index contributed by atoms with van der Waals surface area (Å²) in [7, 11) is 1.31. The topological polar surface area (TPSA) is 92.9 Å². The van der Waals surface area contributed by atoms with Crippen LogP contribution in [-0.4, -0.2) is 41.2 Å². The molecule has 1 aliphatic heterocycles. The van der Waals surface area contributed by atoms with E-state index in [9.17, 15) is 14.7 Å². The zero-order chi connectivity index (χ0) is 21.8. The minimum atomic E-state index is -0.686. The molecule has 1 aromatic carbocycles. The Morgan fingerprint density at radius 3 is 2.77 bits per heavy atom. The number of carbonyl (C=O) groups excluding carboxylic acids is 1. The molecule has 7 heteroatoms. The smallest absolute Gasteiger partial charge is 0.306 e. The number of benzene rings is 1. The fraction of sp³-hybridized carbons (Fsp3) is 0.375. The Morgan fingerprint density at radius 1 is 1.23 bits per heavy atom. The lowest BCUT2D eigenvalue weighted by molar-refractivity contribution is -0.140. The Morgan fingerprint density at radius 2 is 2.00 bits per heavy atom. The molecule has 2 aromatic heterocycles. The number of ether oxygens (including phenoxy) is 1. The van der Waals surface area contributed by atoms with Crippen LogP contribution in [0.25, 0.3) is 10.9 Å². The van der Waals surface area contributed by atoms with Crippen LogP contribution in [0.1, 0.15) is 48.7 Å². The van der Waals surface area contributed by atoms with Crippen LogP contribution >= 0.6 is 0 Å². The highest BCUT2D eigenvalue weighted by molar-refractivity contribution is 5.84. The van der Waals surface area contributed by atoms with Crippen molar-refractivity contribution < 1.29 is 19.1 Å². The Bertz CT molecular complexity index is 1130. The number of fused-ring (bicyclic) bond motifs is 1. The first-order chi connectivity index (χ1) is 15.1. The van der Waals surface area contributed by atoms with E-state index in [4.69, 9.17) is 9.15 Å². The molecule has 1 saturated heterocycles. The zero-order valence-corrected chi connectivity index (χ0v) is 17.5. The van der Waals surface area contributed by atoms with Gasteiger partial charge in [-0.25, -0.2) is 0 Å². The summed E-state index contributed by atoms with van der Waals surface area (Å²) in [5, 5.41) is 11.5. The number of pyridine rings is 1. The largest absolute Gasteiger partial charge is 0.502 e. The van der Waals surface area contributed by atoms with Gasteiger partial charge in [0.25, 0.3) is 0 Å². The molecule has 0 unspecified atom stereocenters. The van der Waals surface area contributed by atoms with Crippen molar-refractivity contribution in [2.24, 2.45) is 0 Å². The first kappa shape index (κ1) is 21.1. The van der Waals surface area contributed by atoms with Gasteiger partial charge in [0.15, 0.2) is 5.76 Å². The second-order valence-electron chi connectivity index (χ2n) is 7.88. The maximum atomic E-state index is 12.6. The molecule has 1 fully saturated rings. The Kier molecular flexibility index (Phi) is 6.32.